The average Bonchev–Trinajstić information content (AvgIpc) is 3.19. The van der Waals surface area contributed by atoms with Crippen molar-refractivity contribution in [2.24, 2.45) is 4.99 Å². The standard InChI is InChI=1S/C15H23N3OS.HI/c1-3-11-5-6-12(20-11)9-17-15(16-2)18-13-8-10-4-7-14(13)19-10;/h5-6,10,13-14H,3-4,7-9H2,1-2H3,(H2,16,17,18);1H. The van der Waals surface area contributed by atoms with Crippen LogP contribution in [0, 0.1) is 0 Å². The van der Waals surface area contributed by atoms with Crippen LogP contribution in [0.4, 0.5) is 0 Å². The number of hydrogen-bond donors (Lipinski definition) is 2. The van der Waals surface area contributed by atoms with Gasteiger partial charge in [0, 0.05) is 16.8 Å². The van der Waals surface area contributed by atoms with Gasteiger partial charge in [-0.25, -0.2) is 0 Å². The van der Waals surface area contributed by atoms with Gasteiger partial charge in [0.15, 0.2) is 5.96 Å². The summed E-state index contributed by atoms with van der Waals surface area (Å²) in [6.45, 7) is 3.03. The minimum absolute atomic E-state index is 0. The second-order valence-corrected chi connectivity index (χ2v) is 6.76. The van der Waals surface area contributed by atoms with Crippen molar-refractivity contribution in [3.8, 4) is 0 Å². The highest BCUT2D eigenvalue weighted by atomic mass is 127. The monoisotopic (exact) mass is 421 g/mol. The number of aryl methyl sites for hydroxylation is 1. The molecule has 1 aromatic rings. The van der Waals surface area contributed by atoms with Crippen molar-refractivity contribution >= 4 is 41.3 Å². The molecule has 3 rings (SSSR count). The van der Waals surface area contributed by atoms with Crippen LogP contribution in [0.5, 0.6) is 0 Å². The molecule has 1 aromatic heterocycles. The Morgan fingerprint density at radius 1 is 1.38 bits per heavy atom. The fourth-order valence-electron chi connectivity index (χ4n) is 3.04. The van der Waals surface area contributed by atoms with E-state index in [1.165, 1.54) is 22.6 Å². The van der Waals surface area contributed by atoms with Crippen molar-refractivity contribution in [1.82, 2.24) is 10.6 Å². The van der Waals surface area contributed by atoms with Gasteiger partial charge in [-0.2, -0.15) is 0 Å². The molecule has 2 bridgehead atoms. The number of halogens is 1. The van der Waals surface area contributed by atoms with E-state index in [0.717, 1.165) is 25.3 Å². The first-order valence-corrected chi connectivity index (χ1v) is 8.30. The van der Waals surface area contributed by atoms with Gasteiger partial charge in [0.05, 0.1) is 24.8 Å². The first kappa shape index (κ1) is 17.0. The summed E-state index contributed by atoms with van der Waals surface area (Å²) in [7, 11) is 1.83. The summed E-state index contributed by atoms with van der Waals surface area (Å²) in [6.07, 6.45) is 5.49. The zero-order valence-corrected chi connectivity index (χ0v) is 15.7. The Kier molecular flexibility index (Phi) is 6.31. The van der Waals surface area contributed by atoms with E-state index in [2.05, 4.69) is 34.7 Å². The van der Waals surface area contributed by atoms with Crippen LogP contribution in [-0.4, -0.2) is 31.3 Å². The number of guanidine groups is 1. The van der Waals surface area contributed by atoms with Crippen LogP contribution in [0.3, 0.4) is 0 Å². The molecule has 2 N–H and O–H groups in total. The number of thiophene rings is 1. The van der Waals surface area contributed by atoms with Gasteiger partial charge in [0.2, 0.25) is 0 Å². The number of fused-ring (bicyclic) bond motifs is 2. The Labute approximate surface area is 147 Å². The highest BCUT2D eigenvalue weighted by molar-refractivity contribution is 14.0. The van der Waals surface area contributed by atoms with E-state index < -0.39 is 0 Å². The van der Waals surface area contributed by atoms with Gasteiger partial charge < -0.3 is 15.4 Å². The van der Waals surface area contributed by atoms with Gasteiger partial charge in [0.1, 0.15) is 0 Å². The lowest BCUT2D eigenvalue weighted by Gasteiger charge is -2.22. The normalized spacial score (nSPS) is 27.5. The van der Waals surface area contributed by atoms with Crippen LogP contribution in [0.25, 0.3) is 0 Å². The maximum absolute atomic E-state index is 5.87. The molecule has 2 aliphatic rings. The van der Waals surface area contributed by atoms with Gasteiger partial charge in [-0.05, 0) is 37.8 Å². The van der Waals surface area contributed by atoms with E-state index in [4.69, 9.17) is 4.74 Å². The van der Waals surface area contributed by atoms with Gasteiger partial charge >= 0.3 is 0 Å². The molecule has 0 saturated carbocycles. The molecule has 0 radical (unpaired) electrons. The van der Waals surface area contributed by atoms with Crippen molar-refractivity contribution in [2.45, 2.75) is 57.4 Å². The topological polar surface area (TPSA) is 45.7 Å². The minimum Gasteiger partial charge on any atom is -0.373 e. The fourth-order valence-corrected chi connectivity index (χ4v) is 3.94. The fraction of sp³-hybridized carbons (Fsp3) is 0.667. The number of ether oxygens (including phenoxy) is 1. The molecule has 21 heavy (non-hydrogen) atoms. The lowest BCUT2D eigenvalue weighted by molar-refractivity contribution is 0.0992. The maximum Gasteiger partial charge on any atom is 0.191 e. The third-order valence-electron chi connectivity index (χ3n) is 4.15. The number of nitrogens with zero attached hydrogens (tertiary/aromatic N) is 1. The first-order valence-electron chi connectivity index (χ1n) is 7.48. The van der Waals surface area contributed by atoms with Crippen LogP contribution in [-0.2, 0) is 17.7 Å². The lowest BCUT2D eigenvalue weighted by Crippen LogP contribution is -2.47. The van der Waals surface area contributed by atoms with Crippen molar-refractivity contribution in [3.05, 3.63) is 21.9 Å². The molecule has 6 heteroatoms. The van der Waals surface area contributed by atoms with Gasteiger partial charge in [-0.3, -0.25) is 4.99 Å². The molecule has 4 nitrogen and oxygen atoms in total. The summed E-state index contributed by atoms with van der Waals surface area (Å²) >= 11 is 1.87. The Hall–Kier alpha value is -0.340. The van der Waals surface area contributed by atoms with E-state index in [1.54, 1.807) is 0 Å². The van der Waals surface area contributed by atoms with Crippen molar-refractivity contribution in [1.29, 1.82) is 0 Å². The third-order valence-corrected chi connectivity index (χ3v) is 5.38. The Balaban J connectivity index is 0.00000161. The quantitative estimate of drug-likeness (QED) is 0.447. The maximum atomic E-state index is 5.87. The zero-order chi connectivity index (χ0) is 13.9. The average molecular weight is 421 g/mol. The van der Waals surface area contributed by atoms with Crippen molar-refractivity contribution < 1.29 is 4.74 Å². The summed E-state index contributed by atoms with van der Waals surface area (Å²) < 4.78 is 5.87. The number of aliphatic imine (C=N–C) groups is 1. The van der Waals surface area contributed by atoms with Crippen LogP contribution in [0.15, 0.2) is 17.1 Å². The highest BCUT2D eigenvalue weighted by Crippen LogP contribution is 2.34. The predicted octanol–water partition coefficient (Wildman–Crippen LogP) is 2.91. The predicted molar refractivity (Wildman–Crippen MR) is 98.7 cm³/mol. The second-order valence-electron chi connectivity index (χ2n) is 5.51. The van der Waals surface area contributed by atoms with Gasteiger partial charge in [-0.1, -0.05) is 6.92 Å². The zero-order valence-electron chi connectivity index (χ0n) is 12.6. The SMILES string of the molecule is CCc1ccc(CNC(=NC)NC2CC3CCC2O3)s1.I. The third kappa shape index (κ3) is 4.10. The van der Waals surface area contributed by atoms with Crippen LogP contribution in [0.1, 0.15) is 35.9 Å². The van der Waals surface area contributed by atoms with E-state index in [-0.39, 0.29) is 24.0 Å². The van der Waals surface area contributed by atoms with Crippen molar-refractivity contribution in [3.63, 3.8) is 0 Å². The smallest absolute Gasteiger partial charge is 0.191 e. The largest absolute Gasteiger partial charge is 0.373 e. The second kappa shape index (κ2) is 7.78. The summed E-state index contributed by atoms with van der Waals surface area (Å²) in [5, 5.41) is 6.91. The molecule has 3 heterocycles. The minimum atomic E-state index is 0. The molecule has 0 spiro atoms. The van der Waals surface area contributed by atoms with Crippen molar-refractivity contribution in [2.75, 3.05) is 7.05 Å². The molecule has 3 atom stereocenters. The van der Waals surface area contributed by atoms with Gasteiger partial charge in [-0.15, -0.1) is 35.3 Å². The first-order chi connectivity index (χ1) is 9.78. The highest BCUT2D eigenvalue weighted by Gasteiger charge is 2.41. The summed E-state index contributed by atoms with van der Waals surface area (Å²) in [5.41, 5.74) is 0. The number of rotatable bonds is 4. The summed E-state index contributed by atoms with van der Waals surface area (Å²) in [4.78, 5) is 7.11. The molecule has 2 fully saturated rings. The molecule has 2 saturated heterocycles. The Morgan fingerprint density at radius 3 is 2.76 bits per heavy atom. The Morgan fingerprint density at radius 2 is 2.19 bits per heavy atom. The number of hydrogen-bond acceptors (Lipinski definition) is 3. The van der Waals surface area contributed by atoms with E-state index in [9.17, 15) is 0 Å². The number of nitrogens with one attached hydrogen (secondary N) is 2. The van der Waals surface area contributed by atoms with Crippen LogP contribution >= 0.6 is 35.3 Å². The molecular weight excluding hydrogens is 397 g/mol. The van der Waals surface area contributed by atoms with E-state index in [0.29, 0.717) is 18.2 Å². The molecular formula is C15H24IN3OS. The van der Waals surface area contributed by atoms with E-state index >= 15 is 0 Å². The van der Waals surface area contributed by atoms with Crippen LogP contribution < -0.4 is 10.6 Å². The molecule has 0 amide bonds. The molecule has 3 unspecified atom stereocenters. The molecule has 118 valence electrons. The van der Waals surface area contributed by atoms with E-state index in [1.807, 2.05) is 18.4 Å². The van der Waals surface area contributed by atoms with Crippen LogP contribution in [0.2, 0.25) is 0 Å². The lowest BCUT2D eigenvalue weighted by atomic mass is 9.96. The summed E-state index contributed by atoms with van der Waals surface area (Å²) in [6, 6.07) is 4.83. The Bertz CT molecular complexity index is 491. The van der Waals surface area contributed by atoms with Gasteiger partial charge in [0.25, 0.3) is 0 Å². The molecule has 0 aromatic carbocycles. The molecule has 0 aliphatic carbocycles. The molecule has 2 aliphatic heterocycles. The summed E-state index contributed by atoms with van der Waals surface area (Å²) in [5.74, 6) is 0.887.